The number of ketones is 1. The SMILES string of the molecule is COc1cccc(/C=C2\Oc3c(ccc4c3[C@@H](c3ccnn3C)CC(=O)O4)C2=O)c1OC. The summed E-state index contributed by atoms with van der Waals surface area (Å²) >= 11 is 0. The van der Waals surface area contributed by atoms with E-state index in [4.69, 9.17) is 18.9 Å². The zero-order valence-electron chi connectivity index (χ0n) is 17.7. The molecule has 32 heavy (non-hydrogen) atoms. The maximum absolute atomic E-state index is 13.2. The maximum atomic E-state index is 13.2. The normalized spacial score (nSPS) is 18.1. The van der Waals surface area contributed by atoms with Crippen LogP contribution in [0, 0.1) is 0 Å². The van der Waals surface area contributed by atoms with Crippen molar-refractivity contribution in [3.05, 3.63) is 70.7 Å². The average Bonchev–Trinajstić information content (AvgIpc) is 3.35. The van der Waals surface area contributed by atoms with E-state index in [1.807, 2.05) is 19.2 Å². The largest absolute Gasteiger partial charge is 0.493 e. The van der Waals surface area contributed by atoms with Crippen LogP contribution in [0.2, 0.25) is 0 Å². The topological polar surface area (TPSA) is 88.9 Å². The molecular weight excluding hydrogens is 412 g/mol. The summed E-state index contributed by atoms with van der Waals surface area (Å²) in [5.74, 6) is 1.05. The Morgan fingerprint density at radius 3 is 2.66 bits per heavy atom. The third kappa shape index (κ3) is 3.03. The maximum Gasteiger partial charge on any atom is 0.312 e. The number of carbonyl (C=O) groups excluding carboxylic acids is 2. The van der Waals surface area contributed by atoms with Gasteiger partial charge in [0, 0.05) is 36.0 Å². The van der Waals surface area contributed by atoms with Crippen LogP contribution >= 0.6 is 0 Å². The Kier molecular flexibility index (Phi) is 4.70. The number of Topliss-reactive ketones (excluding diaryl/α,β-unsaturated/α-hetero) is 1. The molecule has 0 spiro atoms. The van der Waals surface area contributed by atoms with Crippen molar-refractivity contribution >= 4 is 17.8 Å². The Balaban J connectivity index is 1.62. The van der Waals surface area contributed by atoms with Crippen molar-refractivity contribution in [2.45, 2.75) is 12.3 Å². The van der Waals surface area contributed by atoms with Crippen LogP contribution < -0.4 is 18.9 Å². The molecule has 5 rings (SSSR count). The molecule has 0 amide bonds. The highest BCUT2D eigenvalue weighted by molar-refractivity contribution is 6.15. The first kappa shape index (κ1) is 19.9. The lowest BCUT2D eigenvalue weighted by Gasteiger charge is -2.26. The molecule has 1 aromatic heterocycles. The molecule has 3 aromatic rings. The van der Waals surface area contributed by atoms with Crippen LogP contribution in [0.5, 0.6) is 23.0 Å². The van der Waals surface area contributed by atoms with Crippen molar-refractivity contribution in [3.63, 3.8) is 0 Å². The number of methoxy groups -OCH3 is 2. The van der Waals surface area contributed by atoms with Crippen molar-refractivity contribution < 1.29 is 28.5 Å². The van der Waals surface area contributed by atoms with E-state index in [-0.39, 0.29) is 29.9 Å². The Morgan fingerprint density at radius 1 is 1.09 bits per heavy atom. The number of ether oxygens (including phenoxy) is 4. The van der Waals surface area contributed by atoms with Crippen LogP contribution in [0.1, 0.15) is 39.5 Å². The molecule has 8 heteroatoms. The minimum atomic E-state index is -0.343. The van der Waals surface area contributed by atoms with Crippen LogP contribution in [-0.4, -0.2) is 35.8 Å². The highest BCUT2D eigenvalue weighted by atomic mass is 16.5. The molecule has 0 aliphatic carbocycles. The molecule has 0 bridgehead atoms. The Morgan fingerprint density at radius 2 is 1.94 bits per heavy atom. The molecule has 0 saturated heterocycles. The number of carbonyl (C=O) groups is 2. The summed E-state index contributed by atoms with van der Waals surface area (Å²) in [6, 6.07) is 10.5. The number of benzene rings is 2. The molecule has 2 aliphatic heterocycles. The zero-order chi connectivity index (χ0) is 22.4. The van der Waals surface area contributed by atoms with Gasteiger partial charge in [0.1, 0.15) is 11.5 Å². The van der Waals surface area contributed by atoms with Crippen molar-refractivity contribution in [2.75, 3.05) is 14.2 Å². The van der Waals surface area contributed by atoms with Gasteiger partial charge in [-0.25, -0.2) is 0 Å². The third-order valence-corrected chi connectivity index (χ3v) is 5.72. The van der Waals surface area contributed by atoms with E-state index in [1.54, 1.807) is 48.3 Å². The van der Waals surface area contributed by atoms with Gasteiger partial charge in [-0.15, -0.1) is 0 Å². The van der Waals surface area contributed by atoms with Crippen LogP contribution in [-0.2, 0) is 11.8 Å². The van der Waals surface area contributed by atoms with Gasteiger partial charge in [0.05, 0.1) is 26.2 Å². The highest BCUT2D eigenvalue weighted by Gasteiger charge is 2.39. The molecule has 8 nitrogen and oxygen atoms in total. The summed E-state index contributed by atoms with van der Waals surface area (Å²) in [6.07, 6.45) is 3.43. The van der Waals surface area contributed by atoms with Gasteiger partial charge in [-0.1, -0.05) is 12.1 Å². The van der Waals surface area contributed by atoms with E-state index >= 15 is 0 Å². The standard InChI is InChI=1S/C24H20N2O6/c1-26-16(9-10-25-26)15-12-20(27)31-17-8-7-14-22(28)19(32-24(14)21(15)17)11-13-5-4-6-18(29-2)23(13)30-3/h4-11,15H,12H2,1-3H3/b19-11-/t15-/m1/s1. The van der Waals surface area contributed by atoms with E-state index in [9.17, 15) is 9.59 Å². The monoisotopic (exact) mass is 432 g/mol. The number of nitrogens with zero attached hydrogens (tertiary/aromatic N) is 2. The molecular formula is C24H20N2O6. The second kappa shape index (κ2) is 7.56. The van der Waals surface area contributed by atoms with Crippen molar-refractivity contribution in [1.29, 1.82) is 0 Å². The number of esters is 1. The van der Waals surface area contributed by atoms with E-state index in [0.29, 0.717) is 39.7 Å². The number of para-hydroxylation sites is 1. The van der Waals surface area contributed by atoms with Crippen molar-refractivity contribution in [2.24, 2.45) is 7.05 Å². The van der Waals surface area contributed by atoms with Gasteiger partial charge in [0.25, 0.3) is 0 Å². The van der Waals surface area contributed by atoms with Crippen molar-refractivity contribution in [1.82, 2.24) is 9.78 Å². The van der Waals surface area contributed by atoms with Crippen LogP contribution in [0.3, 0.4) is 0 Å². The Bertz CT molecular complexity index is 1290. The van der Waals surface area contributed by atoms with Gasteiger partial charge in [-0.2, -0.15) is 5.10 Å². The molecule has 0 unspecified atom stereocenters. The third-order valence-electron chi connectivity index (χ3n) is 5.72. The molecule has 2 aromatic carbocycles. The zero-order valence-corrected chi connectivity index (χ0v) is 17.7. The lowest BCUT2D eigenvalue weighted by Crippen LogP contribution is -2.23. The second-order valence-electron chi connectivity index (χ2n) is 7.49. The van der Waals surface area contributed by atoms with Gasteiger partial charge in [-0.05, 0) is 30.3 Å². The summed E-state index contributed by atoms with van der Waals surface area (Å²) < 4.78 is 24.1. The number of aromatic nitrogens is 2. The minimum absolute atomic E-state index is 0.128. The van der Waals surface area contributed by atoms with Gasteiger partial charge in [-0.3, -0.25) is 14.3 Å². The molecule has 0 N–H and O–H groups in total. The number of allylic oxidation sites excluding steroid dienone is 1. The molecule has 3 heterocycles. The van der Waals surface area contributed by atoms with Crippen molar-refractivity contribution in [3.8, 4) is 23.0 Å². The number of fused-ring (bicyclic) bond motifs is 3. The van der Waals surface area contributed by atoms with Gasteiger partial charge in [0.2, 0.25) is 5.78 Å². The highest BCUT2D eigenvalue weighted by Crippen LogP contribution is 2.49. The predicted octanol–water partition coefficient (Wildman–Crippen LogP) is 3.49. The van der Waals surface area contributed by atoms with E-state index < -0.39 is 0 Å². The van der Waals surface area contributed by atoms with Gasteiger partial charge in [0.15, 0.2) is 17.3 Å². The lowest BCUT2D eigenvalue weighted by atomic mass is 9.87. The fourth-order valence-electron chi connectivity index (χ4n) is 4.25. The Hall–Kier alpha value is -4.07. The molecule has 2 aliphatic rings. The lowest BCUT2D eigenvalue weighted by molar-refractivity contribution is -0.135. The second-order valence-corrected chi connectivity index (χ2v) is 7.49. The smallest absolute Gasteiger partial charge is 0.312 e. The molecule has 0 fully saturated rings. The Labute approximate surface area is 184 Å². The predicted molar refractivity (Wildman–Crippen MR) is 114 cm³/mol. The number of aryl methyl sites for hydroxylation is 1. The molecule has 1 atom stereocenters. The van der Waals surface area contributed by atoms with Gasteiger partial charge >= 0.3 is 5.97 Å². The fraction of sp³-hybridized carbons (Fsp3) is 0.208. The van der Waals surface area contributed by atoms with Crippen LogP contribution in [0.25, 0.3) is 6.08 Å². The van der Waals surface area contributed by atoms with E-state index in [2.05, 4.69) is 5.10 Å². The number of hydrogen-bond donors (Lipinski definition) is 0. The van der Waals surface area contributed by atoms with E-state index in [0.717, 1.165) is 5.69 Å². The van der Waals surface area contributed by atoms with Gasteiger partial charge < -0.3 is 18.9 Å². The summed E-state index contributed by atoms with van der Waals surface area (Å²) in [5.41, 5.74) is 2.56. The van der Waals surface area contributed by atoms with E-state index in [1.165, 1.54) is 7.11 Å². The van der Waals surface area contributed by atoms with Crippen LogP contribution in [0.4, 0.5) is 0 Å². The summed E-state index contributed by atoms with van der Waals surface area (Å²) in [5, 5.41) is 4.22. The first-order valence-electron chi connectivity index (χ1n) is 10.0. The quantitative estimate of drug-likeness (QED) is 0.354. The fourth-order valence-corrected chi connectivity index (χ4v) is 4.25. The van der Waals surface area contributed by atoms with Crippen LogP contribution in [0.15, 0.2) is 48.4 Å². The summed E-state index contributed by atoms with van der Waals surface area (Å²) in [7, 11) is 4.90. The average molecular weight is 432 g/mol. The minimum Gasteiger partial charge on any atom is -0.493 e. The molecule has 162 valence electrons. The first-order chi connectivity index (χ1) is 15.5. The number of rotatable bonds is 4. The number of hydrogen-bond acceptors (Lipinski definition) is 7. The summed E-state index contributed by atoms with van der Waals surface area (Å²) in [6.45, 7) is 0. The molecule has 0 saturated carbocycles. The summed E-state index contributed by atoms with van der Waals surface area (Å²) in [4.78, 5) is 25.4. The first-order valence-corrected chi connectivity index (χ1v) is 10.0. The molecule has 0 radical (unpaired) electrons.